The number of primary amides is 1. The van der Waals surface area contributed by atoms with Crippen LogP contribution in [-0.4, -0.2) is 43.2 Å². The number of carbonyl (C=O) groups is 1. The van der Waals surface area contributed by atoms with Crippen LogP contribution >= 0.6 is 11.8 Å². The highest BCUT2D eigenvalue weighted by atomic mass is 32.2. The first kappa shape index (κ1) is 15.2. The van der Waals surface area contributed by atoms with Crippen molar-refractivity contribution >= 4 is 23.4 Å². The van der Waals surface area contributed by atoms with Crippen LogP contribution in [0.1, 0.15) is 12.8 Å². The third kappa shape index (κ3) is 4.72. The minimum atomic E-state index is -0.279. The zero-order chi connectivity index (χ0) is 14.4. The first-order valence-electron chi connectivity index (χ1n) is 7.07. The maximum Gasteiger partial charge on any atom is 0.227 e. The van der Waals surface area contributed by atoms with Gasteiger partial charge >= 0.3 is 0 Å². The van der Waals surface area contributed by atoms with E-state index in [1.165, 1.54) is 31.1 Å². The number of benzene rings is 1. The quantitative estimate of drug-likeness (QED) is 0.788. The van der Waals surface area contributed by atoms with Crippen LogP contribution in [-0.2, 0) is 4.79 Å². The Balaban J connectivity index is 1.89. The summed E-state index contributed by atoms with van der Waals surface area (Å²) in [4.78, 5) is 14.4. The minimum Gasteiger partial charge on any atom is -0.384 e. The van der Waals surface area contributed by atoms with E-state index in [4.69, 9.17) is 5.73 Å². The third-order valence-electron chi connectivity index (χ3n) is 3.56. The number of likely N-dealkylation sites (tertiary alicyclic amines) is 1. The van der Waals surface area contributed by atoms with Crippen LogP contribution in [0.4, 0.5) is 5.69 Å². The lowest BCUT2D eigenvalue weighted by molar-refractivity contribution is -0.115. The van der Waals surface area contributed by atoms with Crippen LogP contribution in [0.25, 0.3) is 0 Å². The number of amides is 1. The van der Waals surface area contributed by atoms with Gasteiger partial charge < -0.3 is 16.0 Å². The molecule has 5 heteroatoms. The van der Waals surface area contributed by atoms with Crippen LogP contribution in [0, 0.1) is 5.92 Å². The Hall–Kier alpha value is -1.20. The molecule has 1 aliphatic rings. The largest absolute Gasteiger partial charge is 0.384 e. The maximum atomic E-state index is 10.9. The van der Waals surface area contributed by atoms with Crippen molar-refractivity contribution in [2.45, 2.75) is 17.7 Å². The highest BCUT2D eigenvalue weighted by Gasteiger charge is 2.17. The van der Waals surface area contributed by atoms with Crippen molar-refractivity contribution in [1.29, 1.82) is 0 Å². The molecule has 0 bridgehead atoms. The van der Waals surface area contributed by atoms with Gasteiger partial charge in [-0.3, -0.25) is 4.79 Å². The summed E-state index contributed by atoms with van der Waals surface area (Å²) >= 11 is 1.49. The molecule has 1 atom stereocenters. The number of carbonyl (C=O) groups excluding carboxylic acids is 1. The smallest absolute Gasteiger partial charge is 0.227 e. The van der Waals surface area contributed by atoms with Gasteiger partial charge in [0.15, 0.2) is 0 Å². The molecule has 4 nitrogen and oxygen atoms in total. The first-order chi connectivity index (χ1) is 9.65. The zero-order valence-corrected chi connectivity index (χ0v) is 12.8. The average molecular weight is 293 g/mol. The van der Waals surface area contributed by atoms with Gasteiger partial charge in [-0.15, -0.1) is 11.8 Å². The Labute approximate surface area is 125 Å². The molecule has 2 rings (SSSR count). The number of nitrogens with zero attached hydrogens (tertiary/aromatic N) is 1. The second-order valence-corrected chi connectivity index (χ2v) is 6.42. The van der Waals surface area contributed by atoms with Gasteiger partial charge in [0.25, 0.3) is 0 Å². The molecular formula is C15H23N3OS. The maximum absolute atomic E-state index is 10.9. The molecule has 1 aliphatic heterocycles. The number of nitrogens with two attached hydrogens (primary N) is 1. The van der Waals surface area contributed by atoms with Crippen LogP contribution in [0.2, 0.25) is 0 Å². The number of thioether (sulfide) groups is 1. The normalized spacial score (nSPS) is 19.8. The Kier molecular flexibility index (Phi) is 5.73. The predicted molar refractivity (Wildman–Crippen MR) is 85.1 cm³/mol. The molecule has 110 valence electrons. The van der Waals surface area contributed by atoms with Gasteiger partial charge in [-0.25, -0.2) is 0 Å². The van der Waals surface area contributed by atoms with Crippen molar-refractivity contribution in [3.8, 4) is 0 Å². The Morgan fingerprint density at radius 1 is 1.50 bits per heavy atom. The van der Waals surface area contributed by atoms with Gasteiger partial charge in [0, 0.05) is 23.7 Å². The number of piperidine rings is 1. The molecule has 0 spiro atoms. The van der Waals surface area contributed by atoms with Gasteiger partial charge in [0.05, 0.1) is 5.75 Å². The average Bonchev–Trinajstić information content (AvgIpc) is 2.44. The fourth-order valence-corrected chi connectivity index (χ4v) is 3.35. The summed E-state index contributed by atoms with van der Waals surface area (Å²) in [5.74, 6) is 0.742. The van der Waals surface area contributed by atoms with Crippen LogP contribution < -0.4 is 11.1 Å². The summed E-state index contributed by atoms with van der Waals surface area (Å²) in [5.41, 5.74) is 6.31. The number of para-hydroxylation sites is 1. The van der Waals surface area contributed by atoms with E-state index in [2.05, 4.69) is 23.3 Å². The third-order valence-corrected chi connectivity index (χ3v) is 4.66. The van der Waals surface area contributed by atoms with Crippen molar-refractivity contribution in [2.75, 3.05) is 37.8 Å². The van der Waals surface area contributed by atoms with Crippen LogP contribution in [0.15, 0.2) is 29.2 Å². The predicted octanol–water partition coefficient (Wildman–Crippen LogP) is 2.02. The molecule has 1 aromatic rings. The van der Waals surface area contributed by atoms with E-state index in [0.717, 1.165) is 23.7 Å². The van der Waals surface area contributed by atoms with Crippen molar-refractivity contribution in [3.05, 3.63) is 24.3 Å². The molecule has 0 aliphatic carbocycles. The lowest BCUT2D eigenvalue weighted by Crippen LogP contribution is -2.35. The number of hydrogen-bond donors (Lipinski definition) is 2. The first-order valence-corrected chi connectivity index (χ1v) is 8.06. The summed E-state index contributed by atoms with van der Waals surface area (Å²) in [6.07, 6.45) is 2.56. The minimum absolute atomic E-state index is 0.279. The van der Waals surface area contributed by atoms with E-state index in [0.29, 0.717) is 11.7 Å². The molecule has 1 saturated heterocycles. The summed E-state index contributed by atoms with van der Waals surface area (Å²) in [6.45, 7) is 3.35. The van der Waals surface area contributed by atoms with Crippen LogP contribution in [0.3, 0.4) is 0 Å². The van der Waals surface area contributed by atoms with Gasteiger partial charge in [-0.1, -0.05) is 12.1 Å². The highest BCUT2D eigenvalue weighted by Crippen LogP contribution is 2.27. The SMILES string of the molecule is CN1CCCC(CNc2ccccc2SCC(N)=O)C1. The summed E-state index contributed by atoms with van der Waals surface area (Å²) in [7, 11) is 2.18. The van der Waals surface area contributed by atoms with E-state index in [1.807, 2.05) is 18.2 Å². The molecule has 1 unspecified atom stereocenters. The molecule has 3 N–H and O–H groups in total. The second-order valence-electron chi connectivity index (χ2n) is 5.40. The monoisotopic (exact) mass is 293 g/mol. The zero-order valence-electron chi connectivity index (χ0n) is 12.0. The summed E-state index contributed by atoms with van der Waals surface area (Å²) in [6, 6.07) is 8.10. The van der Waals surface area contributed by atoms with E-state index in [9.17, 15) is 4.79 Å². The molecule has 1 amide bonds. The molecule has 0 saturated carbocycles. The van der Waals surface area contributed by atoms with E-state index in [1.54, 1.807) is 0 Å². The topological polar surface area (TPSA) is 58.4 Å². The molecule has 1 heterocycles. The molecule has 0 radical (unpaired) electrons. The van der Waals surface area contributed by atoms with E-state index in [-0.39, 0.29) is 5.91 Å². The molecule has 0 aromatic heterocycles. The fourth-order valence-electron chi connectivity index (χ4n) is 2.58. The summed E-state index contributed by atoms with van der Waals surface area (Å²) in [5, 5.41) is 3.53. The van der Waals surface area contributed by atoms with Gasteiger partial charge in [0.1, 0.15) is 0 Å². The van der Waals surface area contributed by atoms with Crippen LogP contribution in [0.5, 0.6) is 0 Å². The number of rotatable bonds is 6. The van der Waals surface area contributed by atoms with Crippen molar-refractivity contribution in [1.82, 2.24) is 4.90 Å². The van der Waals surface area contributed by atoms with Gasteiger partial charge in [-0.2, -0.15) is 0 Å². The molecule has 1 aromatic carbocycles. The lowest BCUT2D eigenvalue weighted by atomic mass is 9.98. The summed E-state index contributed by atoms with van der Waals surface area (Å²) < 4.78 is 0. The van der Waals surface area contributed by atoms with E-state index < -0.39 is 0 Å². The Morgan fingerprint density at radius 3 is 3.05 bits per heavy atom. The standard InChI is InChI=1S/C15H23N3OS/c1-18-8-4-5-12(10-18)9-17-13-6-2-3-7-14(13)20-11-15(16)19/h2-3,6-7,12,17H,4-5,8-11H2,1H3,(H2,16,19). The second kappa shape index (κ2) is 7.55. The van der Waals surface area contributed by atoms with Crippen molar-refractivity contribution < 1.29 is 4.79 Å². The Morgan fingerprint density at radius 2 is 2.30 bits per heavy atom. The van der Waals surface area contributed by atoms with Gasteiger partial charge in [0.2, 0.25) is 5.91 Å². The number of hydrogen-bond acceptors (Lipinski definition) is 4. The van der Waals surface area contributed by atoms with E-state index >= 15 is 0 Å². The lowest BCUT2D eigenvalue weighted by Gasteiger charge is -2.30. The van der Waals surface area contributed by atoms with Gasteiger partial charge in [-0.05, 0) is 44.5 Å². The molecular weight excluding hydrogens is 270 g/mol. The molecule has 20 heavy (non-hydrogen) atoms. The number of nitrogens with one attached hydrogen (secondary N) is 1. The molecule has 1 fully saturated rings. The fraction of sp³-hybridized carbons (Fsp3) is 0.533. The highest BCUT2D eigenvalue weighted by molar-refractivity contribution is 8.00. The Bertz CT molecular complexity index is 452. The number of anilines is 1. The van der Waals surface area contributed by atoms with Crippen molar-refractivity contribution in [3.63, 3.8) is 0 Å². The van der Waals surface area contributed by atoms with Crippen molar-refractivity contribution in [2.24, 2.45) is 11.7 Å².